The van der Waals surface area contributed by atoms with Gasteiger partial charge in [0.15, 0.2) is 5.82 Å². The summed E-state index contributed by atoms with van der Waals surface area (Å²) in [5, 5.41) is 4.26. The summed E-state index contributed by atoms with van der Waals surface area (Å²) in [7, 11) is 0. The largest absolute Gasteiger partial charge is 0.338 e. The van der Waals surface area contributed by atoms with Crippen molar-refractivity contribution in [3.63, 3.8) is 0 Å². The zero-order valence-corrected chi connectivity index (χ0v) is 12.2. The molecule has 1 aromatic rings. The molecule has 1 atom stereocenters. The van der Waals surface area contributed by atoms with E-state index in [1.54, 1.807) is 0 Å². The van der Waals surface area contributed by atoms with Crippen LogP contribution in [0.3, 0.4) is 0 Å². The molecule has 0 aromatic carbocycles. The lowest BCUT2D eigenvalue weighted by Gasteiger charge is -2.55. The van der Waals surface area contributed by atoms with Gasteiger partial charge in [0.2, 0.25) is 5.89 Å². The Balaban J connectivity index is 0.00000110. The van der Waals surface area contributed by atoms with E-state index >= 15 is 0 Å². The maximum absolute atomic E-state index is 5.82. The van der Waals surface area contributed by atoms with Crippen LogP contribution in [0.4, 0.5) is 0 Å². The highest BCUT2D eigenvalue weighted by atomic mass is 35.5. The summed E-state index contributed by atoms with van der Waals surface area (Å²) in [6.45, 7) is 1.90. The standard InChI is InChI=1S/C14H21N3O.ClH/c1-8(15)12-16-13(17-18-12)14-5-9-2-10(6-14)4-11(3-9)7-14;/h8-11H,2-7,15H2,1H3;1H/t8-,9?,10?,11?,14?;/m0./s1. The van der Waals surface area contributed by atoms with Gasteiger partial charge in [-0.3, -0.25) is 0 Å². The van der Waals surface area contributed by atoms with Crippen molar-refractivity contribution in [2.24, 2.45) is 23.5 Å². The van der Waals surface area contributed by atoms with E-state index in [-0.39, 0.29) is 23.9 Å². The van der Waals surface area contributed by atoms with E-state index in [1.807, 2.05) is 6.92 Å². The lowest BCUT2D eigenvalue weighted by atomic mass is 9.49. The maximum Gasteiger partial charge on any atom is 0.243 e. The molecule has 0 spiro atoms. The summed E-state index contributed by atoms with van der Waals surface area (Å²) < 4.78 is 5.33. The van der Waals surface area contributed by atoms with Gasteiger partial charge in [0.1, 0.15) is 0 Å². The third kappa shape index (κ3) is 2.00. The smallest absolute Gasteiger partial charge is 0.243 e. The molecule has 0 radical (unpaired) electrons. The van der Waals surface area contributed by atoms with Gasteiger partial charge in [-0.2, -0.15) is 4.98 Å². The number of hydrogen-bond acceptors (Lipinski definition) is 4. The van der Waals surface area contributed by atoms with Gasteiger partial charge in [0, 0.05) is 5.41 Å². The molecule has 19 heavy (non-hydrogen) atoms. The molecular formula is C14H22ClN3O. The topological polar surface area (TPSA) is 64.9 Å². The van der Waals surface area contributed by atoms with Crippen molar-refractivity contribution in [2.75, 3.05) is 0 Å². The van der Waals surface area contributed by atoms with Crippen LogP contribution >= 0.6 is 12.4 Å². The average molecular weight is 284 g/mol. The number of hydrogen-bond donors (Lipinski definition) is 1. The summed E-state index contributed by atoms with van der Waals surface area (Å²) in [5.74, 6) is 4.28. The summed E-state index contributed by atoms with van der Waals surface area (Å²) in [6.07, 6.45) is 8.15. The van der Waals surface area contributed by atoms with Crippen molar-refractivity contribution in [3.8, 4) is 0 Å². The van der Waals surface area contributed by atoms with E-state index in [0.717, 1.165) is 23.6 Å². The highest BCUT2D eigenvalue weighted by Gasteiger charge is 2.53. The van der Waals surface area contributed by atoms with Crippen LogP contribution in [0.15, 0.2) is 4.52 Å². The minimum atomic E-state index is -0.153. The Kier molecular flexibility index (Phi) is 3.13. The predicted molar refractivity (Wildman–Crippen MR) is 74.0 cm³/mol. The first-order valence-electron chi connectivity index (χ1n) is 7.24. The average Bonchev–Trinajstić information content (AvgIpc) is 2.76. The van der Waals surface area contributed by atoms with Gasteiger partial charge in [-0.15, -0.1) is 12.4 Å². The fourth-order valence-electron chi connectivity index (χ4n) is 5.02. The van der Waals surface area contributed by atoms with Crippen LogP contribution in [0.2, 0.25) is 0 Å². The van der Waals surface area contributed by atoms with Crippen LogP contribution in [0, 0.1) is 17.8 Å². The van der Waals surface area contributed by atoms with Crippen molar-refractivity contribution < 1.29 is 4.52 Å². The lowest BCUT2D eigenvalue weighted by molar-refractivity contribution is -0.0103. The molecule has 4 bridgehead atoms. The highest BCUT2D eigenvalue weighted by Crippen LogP contribution is 2.60. The second-order valence-corrected chi connectivity index (χ2v) is 6.94. The van der Waals surface area contributed by atoms with Crippen LogP contribution in [0.25, 0.3) is 0 Å². The summed E-state index contributed by atoms with van der Waals surface area (Å²) in [5.41, 5.74) is 6.05. The molecule has 4 aliphatic carbocycles. The first-order valence-corrected chi connectivity index (χ1v) is 7.24. The van der Waals surface area contributed by atoms with Crippen molar-refractivity contribution >= 4 is 12.4 Å². The quantitative estimate of drug-likeness (QED) is 0.906. The van der Waals surface area contributed by atoms with Crippen molar-refractivity contribution in [1.82, 2.24) is 10.1 Å². The van der Waals surface area contributed by atoms with Crippen LogP contribution in [-0.4, -0.2) is 10.1 Å². The minimum absolute atomic E-state index is 0. The Hall–Kier alpha value is -0.610. The van der Waals surface area contributed by atoms with Gasteiger partial charge >= 0.3 is 0 Å². The van der Waals surface area contributed by atoms with E-state index in [0.29, 0.717) is 5.89 Å². The van der Waals surface area contributed by atoms with Crippen LogP contribution < -0.4 is 5.73 Å². The third-order valence-electron chi connectivity index (χ3n) is 5.34. The number of nitrogens with two attached hydrogens (primary N) is 1. The molecule has 2 N–H and O–H groups in total. The van der Waals surface area contributed by atoms with Gasteiger partial charge in [-0.25, -0.2) is 0 Å². The number of rotatable bonds is 2. The highest BCUT2D eigenvalue weighted by molar-refractivity contribution is 5.85. The third-order valence-corrected chi connectivity index (χ3v) is 5.34. The SMILES string of the molecule is C[C@H](N)c1nc(C23CC4CC(CC(C4)C2)C3)no1.Cl. The van der Waals surface area contributed by atoms with Crippen molar-refractivity contribution in [2.45, 2.75) is 56.9 Å². The Labute approximate surface area is 119 Å². The molecule has 4 nitrogen and oxygen atoms in total. The minimum Gasteiger partial charge on any atom is -0.338 e. The van der Waals surface area contributed by atoms with Gasteiger partial charge in [-0.05, 0) is 63.2 Å². The van der Waals surface area contributed by atoms with E-state index in [2.05, 4.69) is 10.1 Å². The number of aromatic nitrogens is 2. The normalized spacial score (nSPS) is 41.1. The molecule has 4 fully saturated rings. The molecule has 1 aromatic heterocycles. The molecule has 5 rings (SSSR count). The number of halogens is 1. The molecular weight excluding hydrogens is 262 g/mol. The van der Waals surface area contributed by atoms with Gasteiger partial charge in [0.25, 0.3) is 0 Å². The van der Waals surface area contributed by atoms with E-state index in [9.17, 15) is 0 Å². The van der Waals surface area contributed by atoms with Crippen molar-refractivity contribution in [3.05, 3.63) is 11.7 Å². The molecule has 0 unspecified atom stereocenters. The molecule has 0 aliphatic heterocycles. The Bertz CT molecular complexity index is 436. The van der Waals surface area contributed by atoms with Gasteiger partial charge in [0.05, 0.1) is 6.04 Å². The summed E-state index contributed by atoms with van der Waals surface area (Å²) in [4.78, 5) is 4.60. The Morgan fingerprint density at radius 1 is 1.16 bits per heavy atom. The summed E-state index contributed by atoms with van der Waals surface area (Å²) in [6, 6.07) is -0.153. The molecule has 5 heteroatoms. The molecule has 4 aliphatic rings. The molecule has 4 saturated carbocycles. The zero-order valence-electron chi connectivity index (χ0n) is 11.3. The first kappa shape index (κ1) is 13.4. The molecule has 0 saturated heterocycles. The second-order valence-electron chi connectivity index (χ2n) is 6.94. The summed E-state index contributed by atoms with van der Waals surface area (Å²) >= 11 is 0. The number of nitrogens with zero attached hydrogens (tertiary/aromatic N) is 2. The molecule has 1 heterocycles. The predicted octanol–water partition coefficient (Wildman–Crippen LogP) is 2.98. The van der Waals surface area contributed by atoms with Crippen LogP contribution in [0.5, 0.6) is 0 Å². The second kappa shape index (κ2) is 4.45. The van der Waals surface area contributed by atoms with Crippen molar-refractivity contribution in [1.29, 1.82) is 0 Å². The maximum atomic E-state index is 5.82. The Morgan fingerprint density at radius 2 is 1.68 bits per heavy atom. The van der Waals surface area contributed by atoms with Crippen LogP contribution in [0.1, 0.15) is 63.2 Å². The van der Waals surface area contributed by atoms with E-state index in [4.69, 9.17) is 10.3 Å². The van der Waals surface area contributed by atoms with E-state index in [1.165, 1.54) is 38.5 Å². The monoisotopic (exact) mass is 283 g/mol. The molecule has 0 amide bonds. The zero-order chi connectivity index (χ0) is 12.3. The van der Waals surface area contributed by atoms with E-state index < -0.39 is 0 Å². The molecule has 106 valence electrons. The van der Waals surface area contributed by atoms with Gasteiger partial charge < -0.3 is 10.3 Å². The first-order chi connectivity index (χ1) is 8.64. The van der Waals surface area contributed by atoms with Gasteiger partial charge in [-0.1, -0.05) is 5.16 Å². The lowest BCUT2D eigenvalue weighted by Crippen LogP contribution is -2.49. The van der Waals surface area contributed by atoms with Crippen LogP contribution in [-0.2, 0) is 5.41 Å². The Morgan fingerprint density at radius 3 is 2.11 bits per heavy atom. The fraction of sp³-hybridized carbons (Fsp3) is 0.857. The fourth-order valence-corrected chi connectivity index (χ4v) is 5.02.